The van der Waals surface area contributed by atoms with E-state index in [1.807, 2.05) is 0 Å². The van der Waals surface area contributed by atoms with Gasteiger partial charge in [0.25, 0.3) is 0 Å². The predicted molar refractivity (Wildman–Crippen MR) is 298 cm³/mol. The molecule has 2 nitrogen and oxygen atoms in total. The molecule has 0 fully saturated rings. The molecule has 14 rings (SSSR count). The Labute approximate surface area is 409 Å². The highest BCUT2D eigenvalue weighted by Crippen LogP contribution is 2.60. The molecule has 0 bridgehead atoms. The van der Waals surface area contributed by atoms with Gasteiger partial charge in [-0.05, 0) is 126 Å². The fourth-order valence-corrected chi connectivity index (χ4v) is 12.5. The maximum atomic E-state index is 2.57. The lowest BCUT2D eigenvalue weighted by molar-refractivity contribution is 0.652. The highest BCUT2D eigenvalue weighted by molar-refractivity contribution is 6.14. The Morgan fingerprint density at radius 1 is 0.257 bits per heavy atom. The van der Waals surface area contributed by atoms with E-state index >= 15 is 0 Å². The molecule has 0 N–H and O–H groups in total. The van der Waals surface area contributed by atoms with Gasteiger partial charge in [0, 0.05) is 43.4 Å². The Bertz CT molecular complexity index is 3980. The van der Waals surface area contributed by atoms with Crippen molar-refractivity contribution in [3.05, 3.63) is 253 Å². The summed E-state index contributed by atoms with van der Waals surface area (Å²) in [4.78, 5) is 5.04. The Balaban J connectivity index is 0.960. The number of anilines is 6. The van der Waals surface area contributed by atoms with E-state index in [4.69, 9.17) is 0 Å². The summed E-state index contributed by atoms with van der Waals surface area (Å²) in [5, 5.41) is 12.3. The molecule has 12 aromatic rings. The normalized spacial score (nSPS) is 13.9. The van der Waals surface area contributed by atoms with Gasteiger partial charge >= 0.3 is 0 Å². The molecular weight excluding hydrogens is 845 g/mol. The molecule has 2 aliphatic rings. The molecule has 0 saturated heterocycles. The van der Waals surface area contributed by atoms with Crippen LogP contribution in [0.1, 0.15) is 49.9 Å². The molecule has 0 aliphatic heterocycles. The molecule has 332 valence electrons. The van der Waals surface area contributed by atoms with Crippen LogP contribution in [0.3, 0.4) is 0 Å². The third-order valence-electron chi connectivity index (χ3n) is 16.0. The summed E-state index contributed by atoms with van der Waals surface area (Å²) in [6, 6.07) is 86.1. The van der Waals surface area contributed by atoms with E-state index in [-0.39, 0.29) is 10.8 Å². The van der Waals surface area contributed by atoms with Gasteiger partial charge in [-0.25, -0.2) is 0 Å². The second kappa shape index (κ2) is 15.0. The standard InChI is InChI=1S/C68H50N2/c1-67(2)57-39-47(69(61-33-15-23-43-19-5-9-27-48(43)61)62-34-16-24-44-20-6-10-28-49(44)62)37-38-52(57)55-40-59-56(41-58(55)67)66-54-32-14-13-31-53(54)65(42-60(66)68(59,3)4)70(63-35-17-25-45-21-7-11-29-50(45)63)64-36-18-26-46-22-8-12-30-51(46)64/h5-42H,1-4H3. The molecule has 0 unspecified atom stereocenters. The smallest absolute Gasteiger partial charge is 0.0544 e. The van der Waals surface area contributed by atoms with Crippen LogP contribution < -0.4 is 9.80 Å². The number of rotatable bonds is 6. The van der Waals surface area contributed by atoms with Crippen LogP contribution in [0.15, 0.2) is 231 Å². The average molecular weight is 895 g/mol. The highest BCUT2D eigenvalue weighted by atomic mass is 15.2. The van der Waals surface area contributed by atoms with E-state index < -0.39 is 0 Å². The summed E-state index contributed by atoms with van der Waals surface area (Å²) in [6.45, 7) is 9.75. The van der Waals surface area contributed by atoms with Crippen LogP contribution in [-0.4, -0.2) is 0 Å². The van der Waals surface area contributed by atoms with Crippen molar-refractivity contribution in [1.82, 2.24) is 0 Å². The summed E-state index contributed by atoms with van der Waals surface area (Å²) < 4.78 is 0. The minimum Gasteiger partial charge on any atom is -0.309 e. The second-order valence-corrected chi connectivity index (χ2v) is 20.5. The van der Waals surface area contributed by atoms with Gasteiger partial charge in [0.2, 0.25) is 0 Å². The van der Waals surface area contributed by atoms with Crippen LogP contribution in [-0.2, 0) is 10.8 Å². The second-order valence-electron chi connectivity index (χ2n) is 20.5. The van der Waals surface area contributed by atoms with Gasteiger partial charge in [0.1, 0.15) is 0 Å². The van der Waals surface area contributed by atoms with Gasteiger partial charge < -0.3 is 9.80 Å². The maximum absolute atomic E-state index is 2.57. The van der Waals surface area contributed by atoms with Crippen molar-refractivity contribution >= 4 is 88.0 Å². The lowest BCUT2D eigenvalue weighted by Crippen LogP contribution is -2.18. The van der Waals surface area contributed by atoms with E-state index in [9.17, 15) is 0 Å². The van der Waals surface area contributed by atoms with Crippen molar-refractivity contribution in [2.45, 2.75) is 38.5 Å². The van der Waals surface area contributed by atoms with Crippen LogP contribution in [0.25, 0.3) is 76.1 Å². The van der Waals surface area contributed by atoms with Gasteiger partial charge in [-0.2, -0.15) is 0 Å². The molecule has 2 aliphatic carbocycles. The van der Waals surface area contributed by atoms with Gasteiger partial charge in [0.05, 0.1) is 28.4 Å². The van der Waals surface area contributed by atoms with Crippen LogP contribution in [0.5, 0.6) is 0 Å². The summed E-state index contributed by atoms with van der Waals surface area (Å²) in [6.07, 6.45) is 0. The number of fused-ring (bicyclic) bond motifs is 12. The zero-order valence-electron chi connectivity index (χ0n) is 39.8. The molecule has 0 saturated carbocycles. The lowest BCUT2D eigenvalue weighted by atomic mass is 9.79. The molecular formula is C68H50N2. The Morgan fingerprint density at radius 2 is 0.629 bits per heavy atom. The third kappa shape index (κ3) is 5.80. The fraction of sp³-hybridized carbons (Fsp3) is 0.0882. The first-order valence-corrected chi connectivity index (χ1v) is 24.7. The summed E-state index contributed by atoms with van der Waals surface area (Å²) in [5.74, 6) is 0. The minimum absolute atomic E-state index is 0.263. The Kier molecular flexibility index (Phi) is 8.71. The zero-order valence-corrected chi connectivity index (χ0v) is 39.8. The largest absolute Gasteiger partial charge is 0.309 e. The quantitative estimate of drug-likeness (QED) is 0.164. The first-order chi connectivity index (χ1) is 34.3. The molecule has 0 amide bonds. The SMILES string of the molecule is CC1(C)c2cc(N(c3cccc4ccccc34)c3cccc4ccccc34)ccc2-c2cc3c(cc21)-c1c(cc(N(c2cccc4ccccc24)c2cccc4ccccc24)c2ccccc12)C3(C)C. The van der Waals surface area contributed by atoms with E-state index in [2.05, 4.69) is 268 Å². The van der Waals surface area contributed by atoms with E-state index in [0.717, 1.165) is 5.69 Å². The van der Waals surface area contributed by atoms with Crippen LogP contribution in [0.4, 0.5) is 34.1 Å². The minimum atomic E-state index is -0.284. The van der Waals surface area contributed by atoms with E-state index in [0.29, 0.717) is 0 Å². The topological polar surface area (TPSA) is 6.48 Å². The van der Waals surface area contributed by atoms with Crippen molar-refractivity contribution in [2.24, 2.45) is 0 Å². The number of nitrogens with zero attached hydrogens (tertiary/aromatic N) is 2. The maximum Gasteiger partial charge on any atom is 0.0544 e. The molecule has 0 atom stereocenters. The first kappa shape index (κ1) is 40.6. The van der Waals surface area contributed by atoms with Gasteiger partial charge in [-0.15, -0.1) is 0 Å². The van der Waals surface area contributed by atoms with Crippen LogP contribution in [0, 0.1) is 0 Å². The molecule has 2 heteroatoms. The Hall–Kier alpha value is -8.46. The predicted octanol–water partition coefficient (Wildman–Crippen LogP) is 19.0. The van der Waals surface area contributed by atoms with E-state index in [1.165, 1.54) is 127 Å². The van der Waals surface area contributed by atoms with Gasteiger partial charge in [0.15, 0.2) is 0 Å². The average Bonchev–Trinajstić information content (AvgIpc) is 3.76. The summed E-state index contributed by atoms with van der Waals surface area (Å²) in [7, 11) is 0. The first-order valence-electron chi connectivity index (χ1n) is 24.7. The number of hydrogen-bond donors (Lipinski definition) is 0. The molecule has 12 aromatic carbocycles. The van der Waals surface area contributed by atoms with Crippen molar-refractivity contribution in [3.8, 4) is 22.3 Å². The third-order valence-corrected chi connectivity index (χ3v) is 16.0. The van der Waals surface area contributed by atoms with Crippen molar-refractivity contribution < 1.29 is 0 Å². The van der Waals surface area contributed by atoms with Gasteiger partial charge in [-0.3, -0.25) is 0 Å². The molecule has 0 spiro atoms. The van der Waals surface area contributed by atoms with Gasteiger partial charge in [-0.1, -0.05) is 204 Å². The van der Waals surface area contributed by atoms with Crippen molar-refractivity contribution in [2.75, 3.05) is 9.80 Å². The van der Waals surface area contributed by atoms with E-state index in [1.54, 1.807) is 0 Å². The monoisotopic (exact) mass is 894 g/mol. The van der Waals surface area contributed by atoms with Crippen LogP contribution in [0.2, 0.25) is 0 Å². The summed E-state index contributed by atoms with van der Waals surface area (Å²) in [5.41, 5.74) is 17.3. The number of hydrogen-bond acceptors (Lipinski definition) is 2. The molecule has 0 aromatic heterocycles. The van der Waals surface area contributed by atoms with Crippen molar-refractivity contribution in [1.29, 1.82) is 0 Å². The molecule has 70 heavy (non-hydrogen) atoms. The number of benzene rings is 12. The Morgan fingerprint density at radius 3 is 1.13 bits per heavy atom. The fourth-order valence-electron chi connectivity index (χ4n) is 12.5. The molecule has 0 radical (unpaired) electrons. The van der Waals surface area contributed by atoms with Crippen molar-refractivity contribution in [3.63, 3.8) is 0 Å². The summed E-state index contributed by atoms with van der Waals surface area (Å²) >= 11 is 0. The molecule has 0 heterocycles. The zero-order chi connectivity index (χ0) is 46.9. The highest BCUT2D eigenvalue weighted by Gasteiger charge is 2.43. The van der Waals surface area contributed by atoms with Crippen LogP contribution >= 0.6 is 0 Å². The lowest BCUT2D eigenvalue weighted by Gasteiger charge is -2.31.